The van der Waals surface area contributed by atoms with Gasteiger partial charge in [0, 0.05) is 0 Å². The van der Waals surface area contributed by atoms with E-state index < -0.39 is 17.1 Å². The molecule has 1 heterocycles. The second-order valence-corrected chi connectivity index (χ2v) is 7.04. The lowest BCUT2D eigenvalue weighted by molar-refractivity contribution is -0.149. The number of rotatable bonds is 6. The third-order valence-corrected chi connectivity index (χ3v) is 3.98. The normalized spacial score (nSPS) is 16.2. The number of ether oxygens (including phenoxy) is 2. The van der Waals surface area contributed by atoms with Crippen molar-refractivity contribution in [3.63, 3.8) is 0 Å². The van der Waals surface area contributed by atoms with Crippen LogP contribution < -0.4 is 4.74 Å². The molecule has 2 amide bonds. The molecule has 7 heteroatoms. The van der Waals surface area contributed by atoms with Crippen molar-refractivity contribution in [3.05, 3.63) is 34.7 Å². The van der Waals surface area contributed by atoms with Gasteiger partial charge in [-0.2, -0.15) is 0 Å². The number of esters is 1. The maximum atomic E-state index is 12.3. The van der Waals surface area contributed by atoms with Gasteiger partial charge >= 0.3 is 5.97 Å². The molecule has 0 aliphatic carbocycles. The summed E-state index contributed by atoms with van der Waals surface area (Å²) in [6, 6.07) is 7.21. The first kappa shape index (κ1) is 19.1. The summed E-state index contributed by atoms with van der Waals surface area (Å²) < 4.78 is 10.5. The monoisotopic (exact) mass is 363 g/mol. The molecule has 0 bridgehead atoms. The molecule has 0 saturated carbocycles. The first-order valence-electron chi connectivity index (χ1n) is 7.98. The van der Waals surface area contributed by atoms with Crippen molar-refractivity contribution in [1.82, 2.24) is 4.90 Å². The van der Waals surface area contributed by atoms with Gasteiger partial charge in [0.05, 0.1) is 17.1 Å². The summed E-state index contributed by atoms with van der Waals surface area (Å²) in [7, 11) is 0. The van der Waals surface area contributed by atoms with Crippen LogP contribution in [0.1, 0.15) is 33.3 Å². The van der Waals surface area contributed by atoms with Gasteiger partial charge in [0.1, 0.15) is 12.3 Å². The molecule has 0 spiro atoms. The van der Waals surface area contributed by atoms with E-state index in [4.69, 9.17) is 9.47 Å². The predicted molar refractivity (Wildman–Crippen MR) is 96.1 cm³/mol. The summed E-state index contributed by atoms with van der Waals surface area (Å²) in [6.07, 6.45) is 1.40. The van der Waals surface area contributed by atoms with Gasteiger partial charge in [-0.3, -0.25) is 19.3 Å². The fourth-order valence-electron chi connectivity index (χ4n) is 2.13. The molecule has 1 fully saturated rings. The molecule has 0 atom stereocenters. The molecule has 1 aliphatic rings. The highest BCUT2D eigenvalue weighted by atomic mass is 32.2. The van der Waals surface area contributed by atoms with Crippen LogP contribution in [-0.2, 0) is 14.3 Å². The molecule has 1 aliphatic heterocycles. The van der Waals surface area contributed by atoms with Crippen molar-refractivity contribution in [3.8, 4) is 5.75 Å². The van der Waals surface area contributed by atoms with Crippen LogP contribution in [-0.4, -0.2) is 40.8 Å². The van der Waals surface area contributed by atoms with E-state index in [0.717, 1.165) is 28.0 Å². The van der Waals surface area contributed by atoms with Gasteiger partial charge in [-0.15, -0.1) is 0 Å². The Morgan fingerprint density at radius 3 is 2.32 bits per heavy atom. The first-order chi connectivity index (χ1) is 11.8. The Labute approximate surface area is 151 Å². The van der Waals surface area contributed by atoms with E-state index in [9.17, 15) is 14.4 Å². The summed E-state index contributed by atoms with van der Waals surface area (Å²) in [6.45, 7) is 6.92. The Hall–Kier alpha value is -2.28. The van der Waals surface area contributed by atoms with E-state index in [1.54, 1.807) is 44.2 Å². The van der Waals surface area contributed by atoms with Gasteiger partial charge in [0.15, 0.2) is 0 Å². The maximum Gasteiger partial charge on any atom is 0.326 e. The van der Waals surface area contributed by atoms with Crippen molar-refractivity contribution in [1.29, 1.82) is 0 Å². The van der Waals surface area contributed by atoms with Crippen molar-refractivity contribution in [2.24, 2.45) is 0 Å². The number of carbonyl (C=O) groups is 3. The molecule has 2 rings (SSSR count). The van der Waals surface area contributed by atoms with Crippen molar-refractivity contribution >= 4 is 35.0 Å². The number of imide groups is 1. The van der Waals surface area contributed by atoms with Crippen LogP contribution in [0.25, 0.3) is 6.08 Å². The molecular formula is C18H21NO5S. The minimum Gasteiger partial charge on any atom is -0.491 e. The lowest BCUT2D eigenvalue weighted by Gasteiger charge is -2.13. The van der Waals surface area contributed by atoms with Gasteiger partial charge in [-0.25, -0.2) is 0 Å². The number of benzene rings is 1. The zero-order valence-electron chi connectivity index (χ0n) is 14.6. The fraction of sp³-hybridized carbons (Fsp3) is 0.389. The summed E-state index contributed by atoms with van der Waals surface area (Å²) >= 11 is 0.812. The maximum absolute atomic E-state index is 12.3. The summed E-state index contributed by atoms with van der Waals surface area (Å²) in [5.74, 6) is -0.358. The Morgan fingerprint density at radius 2 is 1.76 bits per heavy atom. The quantitative estimate of drug-likeness (QED) is 0.569. The lowest BCUT2D eigenvalue weighted by Crippen LogP contribution is -2.35. The number of hydrogen-bond donors (Lipinski definition) is 0. The van der Waals surface area contributed by atoms with Crippen LogP contribution in [0.3, 0.4) is 0 Å². The van der Waals surface area contributed by atoms with Gasteiger partial charge in [-0.05, 0) is 63.2 Å². The number of amides is 2. The largest absolute Gasteiger partial charge is 0.491 e. The molecule has 25 heavy (non-hydrogen) atoms. The fourth-order valence-corrected chi connectivity index (χ4v) is 2.97. The van der Waals surface area contributed by atoms with Crippen LogP contribution in [0.15, 0.2) is 29.2 Å². The molecule has 0 radical (unpaired) electrons. The number of thioether (sulfide) groups is 1. The second-order valence-electron chi connectivity index (χ2n) is 6.04. The molecule has 0 N–H and O–H groups in total. The zero-order valence-corrected chi connectivity index (χ0v) is 15.5. The highest BCUT2D eigenvalue weighted by molar-refractivity contribution is 8.18. The van der Waals surface area contributed by atoms with Gasteiger partial charge in [0.2, 0.25) is 0 Å². The van der Waals surface area contributed by atoms with E-state index in [1.807, 2.05) is 13.8 Å². The van der Waals surface area contributed by atoms with Gasteiger partial charge in [0.25, 0.3) is 11.1 Å². The minimum absolute atomic E-state index is 0.0768. The highest BCUT2D eigenvalue weighted by Crippen LogP contribution is 2.32. The predicted octanol–water partition coefficient (Wildman–Crippen LogP) is 3.46. The van der Waals surface area contributed by atoms with E-state index in [1.165, 1.54) is 0 Å². The van der Waals surface area contributed by atoms with Gasteiger partial charge in [-0.1, -0.05) is 12.1 Å². The van der Waals surface area contributed by atoms with E-state index in [2.05, 4.69) is 0 Å². The Bertz CT molecular complexity index is 694. The van der Waals surface area contributed by atoms with Crippen LogP contribution in [0.4, 0.5) is 4.79 Å². The molecule has 1 aromatic carbocycles. The van der Waals surface area contributed by atoms with Crippen LogP contribution in [0.2, 0.25) is 0 Å². The van der Waals surface area contributed by atoms with Crippen molar-refractivity contribution < 1.29 is 23.9 Å². The lowest BCUT2D eigenvalue weighted by atomic mass is 10.2. The standard InChI is InChI=1S/C18H21NO5S/c1-11(2)23-14-7-5-13(6-8-14)9-15-17(21)19(18(22)25-15)10-16(20)24-12(3)4/h5-9,11-12H,10H2,1-4H3/b15-9-. The zero-order chi connectivity index (χ0) is 18.6. The third-order valence-electron chi connectivity index (χ3n) is 3.08. The second kappa shape index (κ2) is 8.20. The smallest absolute Gasteiger partial charge is 0.326 e. The van der Waals surface area contributed by atoms with Crippen LogP contribution in [0.5, 0.6) is 5.75 Å². The minimum atomic E-state index is -0.603. The summed E-state index contributed by atoms with van der Waals surface area (Å²) in [4.78, 5) is 37.2. The van der Waals surface area contributed by atoms with Crippen LogP contribution in [0, 0.1) is 0 Å². The molecule has 1 aromatic rings. The Morgan fingerprint density at radius 1 is 1.12 bits per heavy atom. The molecule has 6 nitrogen and oxygen atoms in total. The topological polar surface area (TPSA) is 72.9 Å². The molecular weight excluding hydrogens is 342 g/mol. The number of nitrogens with zero attached hydrogens (tertiary/aromatic N) is 1. The van der Waals surface area contributed by atoms with Crippen molar-refractivity contribution in [2.45, 2.75) is 39.9 Å². The molecule has 134 valence electrons. The first-order valence-corrected chi connectivity index (χ1v) is 8.79. The van der Waals surface area contributed by atoms with Crippen molar-refractivity contribution in [2.75, 3.05) is 6.54 Å². The summed E-state index contributed by atoms with van der Waals surface area (Å²) in [5.41, 5.74) is 0.770. The SMILES string of the molecule is CC(C)OC(=O)CN1C(=O)S/C(=C\c2ccc(OC(C)C)cc2)C1=O. The van der Waals surface area contributed by atoms with Crippen LogP contribution >= 0.6 is 11.8 Å². The average molecular weight is 363 g/mol. The Kier molecular flexibility index (Phi) is 6.25. The van der Waals surface area contributed by atoms with Gasteiger partial charge < -0.3 is 9.47 Å². The number of hydrogen-bond acceptors (Lipinski definition) is 6. The average Bonchev–Trinajstić information content (AvgIpc) is 2.75. The molecule has 1 saturated heterocycles. The summed E-state index contributed by atoms with van der Waals surface area (Å²) in [5, 5.41) is -0.475. The van der Waals surface area contributed by atoms with E-state index >= 15 is 0 Å². The van der Waals surface area contributed by atoms with E-state index in [-0.39, 0.29) is 23.7 Å². The molecule has 0 unspecified atom stereocenters. The van der Waals surface area contributed by atoms with E-state index in [0.29, 0.717) is 0 Å². The highest BCUT2D eigenvalue weighted by Gasteiger charge is 2.36. The number of carbonyl (C=O) groups excluding carboxylic acids is 3. The third kappa shape index (κ3) is 5.35. The Balaban J connectivity index is 2.07. The molecule has 0 aromatic heterocycles.